The lowest BCUT2D eigenvalue weighted by atomic mass is 10.1. The Bertz CT molecular complexity index is 1240. The molecule has 0 saturated carbocycles. The maximum absolute atomic E-state index is 13.6. The van der Waals surface area contributed by atoms with E-state index in [0.29, 0.717) is 15.7 Å². The van der Waals surface area contributed by atoms with Crippen molar-refractivity contribution in [2.45, 2.75) is 20.8 Å². The van der Waals surface area contributed by atoms with Gasteiger partial charge in [0.1, 0.15) is 4.88 Å². The van der Waals surface area contributed by atoms with Crippen molar-refractivity contribution in [3.63, 3.8) is 0 Å². The first-order chi connectivity index (χ1) is 14.6. The van der Waals surface area contributed by atoms with E-state index in [2.05, 4.69) is 5.09 Å². The Balaban J connectivity index is 2.13. The van der Waals surface area contributed by atoms with Crippen LogP contribution in [-0.2, 0) is 9.09 Å². The van der Waals surface area contributed by atoms with Gasteiger partial charge in [0.25, 0.3) is 5.69 Å². The van der Waals surface area contributed by atoms with Crippen LogP contribution in [0.25, 0.3) is 10.4 Å². The number of nitro benzene ring substituents is 1. The first kappa shape index (κ1) is 22.7. The van der Waals surface area contributed by atoms with E-state index in [-0.39, 0.29) is 21.8 Å². The van der Waals surface area contributed by atoms with E-state index in [9.17, 15) is 24.6 Å². The van der Waals surface area contributed by atoms with Crippen molar-refractivity contribution in [1.29, 1.82) is 0 Å². The van der Waals surface area contributed by atoms with Gasteiger partial charge in [0.15, 0.2) is 0 Å². The van der Waals surface area contributed by atoms with Gasteiger partial charge in [-0.2, -0.15) is 0 Å². The van der Waals surface area contributed by atoms with Crippen molar-refractivity contribution in [3.05, 3.63) is 74.1 Å². The zero-order valence-electron chi connectivity index (χ0n) is 17.3. The lowest BCUT2D eigenvalue weighted by Gasteiger charge is -2.20. The summed E-state index contributed by atoms with van der Waals surface area (Å²) in [4.78, 5) is 23.1. The minimum Gasteiger partial charge on any atom is -0.477 e. The maximum Gasteiger partial charge on any atom is 0.348 e. The zero-order chi connectivity index (χ0) is 22.9. The van der Waals surface area contributed by atoms with Gasteiger partial charge >= 0.3 is 13.5 Å². The van der Waals surface area contributed by atoms with Crippen molar-refractivity contribution in [3.8, 4) is 10.4 Å². The molecule has 0 amide bonds. The smallest absolute Gasteiger partial charge is 0.348 e. The number of nitrogens with zero attached hydrogens (tertiary/aromatic N) is 1. The Hall–Kier alpha value is -3.00. The lowest BCUT2D eigenvalue weighted by Crippen LogP contribution is -2.17. The number of benzene rings is 2. The fourth-order valence-electron chi connectivity index (χ4n) is 3.27. The van der Waals surface area contributed by atoms with Crippen LogP contribution in [0.15, 0.2) is 42.5 Å². The summed E-state index contributed by atoms with van der Waals surface area (Å²) in [5, 5.41) is 24.4. The van der Waals surface area contributed by atoms with Gasteiger partial charge in [-0.3, -0.25) is 14.7 Å². The van der Waals surface area contributed by atoms with Crippen LogP contribution in [0.4, 0.5) is 11.4 Å². The van der Waals surface area contributed by atoms with Crippen LogP contribution in [0.3, 0.4) is 0 Å². The molecule has 0 spiro atoms. The number of nitro groups is 1. The molecule has 10 heteroatoms. The quantitative estimate of drug-likeness (QED) is 0.270. The summed E-state index contributed by atoms with van der Waals surface area (Å²) in [6.07, 6.45) is 0. The summed E-state index contributed by atoms with van der Waals surface area (Å²) < 4.78 is 18.9. The average Bonchev–Trinajstić information content (AvgIpc) is 3.11. The highest BCUT2D eigenvalue weighted by molar-refractivity contribution is 7.68. The van der Waals surface area contributed by atoms with Crippen molar-refractivity contribution in [2.24, 2.45) is 0 Å². The number of carbonyl (C=O) groups is 1. The SMILES string of the molecule is COP(=O)(Nc1cc(-c2ccc(C)cc2[N+](=O)[O-])sc1C(=O)O)c1ccc(C)cc1C. The Morgan fingerprint density at radius 1 is 1.13 bits per heavy atom. The summed E-state index contributed by atoms with van der Waals surface area (Å²) in [7, 11) is -2.37. The molecule has 0 aliphatic heterocycles. The second-order valence-corrected chi connectivity index (χ2v) is 10.3. The third-order valence-electron chi connectivity index (χ3n) is 4.74. The van der Waals surface area contributed by atoms with Crippen molar-refractivity contribution in [1.82, 2.24) is 0 Å². The van der Waals surface area contributed by atoms with Gasteiger partial charge in [-0.25, -0.2) is 4.79 Å². The number of nitrogens with one attached hydrogen (secondary N) is 1. The second-order valence-electron chi connectivity index (χ2n) is 7.07. The van der Waals surface area contributed by atoms with E-state index >= 15 is 0 Å². The van der Waals surface area contributed by atoms with Crippen LogP contribution in [0.5, 0.6) is 0 Å². The van der Waals surface area contributed by atoms with E-state index in [1.165, 1.54) is 19.2 Å². The topological polar surface area (TPSA) is 119 Å². The molecule has 0 fully saturated rings. The molecule has 1 atom stereocenters. The van der Waals surface area contributed by atoms with Gasteiger partial charge in [0.05, 0.1) is 21.5 Å². The minimum atomic E-state index is -3.66. The standard InChI is InChI=1S/C21H21N2O6PS/c1-12-6-8-18(14(3)9-12)30(28,29-4)22-16-11-19(31-20(16)21(24)25)15-7-5-13(2)10-17(15)23(26)27/h5-11H,1-4H3,(H,22,28)(H,24,25). The predicted molar refractivity (Wildman–Crippen MR) is 122 cm³/mol. The molecule has 8 nitrogen and oxygen atoms in total. The van der Waals surface area contributed by atoms with Crippen LogP contribution in [-0.4, -0.2) is 23.1 Å². The Morgan fingerprint density at radius 2 is 1.77 bits per heavy atom. The minimum absolute atomic E-state index is 0.0764. The van der Waals surface area contributed by atoms with Crippen LogP contribution in [0.2, 0.25) is 0 Å². The maximum atomic E-state index is 13.6. The summed E-state index contributed by atoms with van der Waals surface area (Å²) in [5.74, 6) is -1.24. The Kier molecular flexibility index (Phi) is 6.31. The molecule has 1 unspecified atom stereocenters. The van der Waals surface area contributed by atoms with Crippen LogP contribution in [0, 0.1) is 30.9 Å². The number of hydrogen-bond donors (Lipinski definition) is 2. The van der Waals surface area contributed by atoms with E-state index in [1.807, 2.05) is 13.0 Å². The predicted octanol–water partition coefficient (Wildman–Crippen LogP) is 5.52. The summed E-state index contributed by atoms with van der Waals surface area (Å²) in [6.45, 7) is 5.44. The molecular formula is C21H21N2O6PS. The number of anilines is 1. The molecule has 0 aliphatic carbocycles. The number of carboxylic acid groups (broad SMARTS) is 1. The molecule has 162 valence electrons. The van der Waals surface area contributed by atoms with Crippen molar-refractivity contribution < 1.29 is 23.9 Å². The highest BCUT2D eigenvalue weighted by atomic mass is 32.1. The molecule has 1 aromatic heterocycles. The molecule has 3 aromatic rings. The number of hydrogen-bond acceptors (Lipinski definition) is 6. The normalized spacial score (nSPS) is 12.9. The third kappa shape index (κ3) is 4.54. The monoisotopic (exact) mass is 460 g/mol. The van der Waals surface area contributed by atoms with E-state index in [4.69, 9.17) is 4.52 Å². The number of thiophene rings is 1. The number of aryl methyl sites for hydroxylation is 3. The van der Waals surface area contributed by atoms with Gasteiger partial charge in [0.2, 0.25) is 0 Å². The molecular weight excluding hydrogens is 439 g/mol. The highest BCUT2D eigenvalue weighted by Gasteiger charge is 2.30. The van der Waals surface area contributed by atoms with Crippen molar-refractivity contribution >= 4 is 41.5 Å². The van der Waals surface area contributed by atoms with E-state index in [0.717, 1.165) is 22.5 Å². The molecule has 31 heavy (non-hydrogen) atoms. The Labute approximate surface area is 183 Å². The lowest BCUT2D eigenvalue weighted by molar-refractivity contribution is -0.384. The van der Waals surface area contributed by atoms with Gasteiger partial charge in [-0.1, -0.05) is 23.8 Å². The van der Waals surface area contributed by atoms with Gasteiger partial charge in [0, 0.05) is 18.1 Å². The number of aromatic carboxylic acids is 1. The highest BCUT2D eigenvalue weighted by Crippen LogP contribution is 2.49. The fourth-order valence-corrected chi connectivity index (χ4v) is 6.03. The molecule has 2 aromatic carbocycles. The molecule has 3 rings (SSSR count). The summed E-state index contributed by atoms with van der Waals surface area (Å²) in [6, 6.07) is 11.5. The first-order valence-corrected chi connectivity index (χ1v) is 11.6. The van der Waals surface area contributed by atoms with E-state index < -0.39 is 18.4 Å². The molecule has 0 aliphatic rings. The summed E-state index contributed by atoms with van der Waals surface area (Å²) in [5.41, 5.74) is 2.66. The second kappa shape index (κ2) is 8.63. The van der Waals surface area contributed by atoms with Crippen LogP contribution < -0.4 is 10.4 Å². The number of carboxylic acids is 1. The molecule has 0 saturated heterocycles. The van der Waals surface area contributed by atoms with Crippen LogP contribution in [0.1, 0.15) is 26.4 Å². The fraction of sp³-hybridized carbons (Fsp3) is 0.190. The largest absolute Gasteiger partial charge is 0.477 e. The van der Waals surface area contributed by atoms with E-state index in [1.54, 1.807) is 38.1 Å². The molecule has 2 N–H and O–H groups in total. The average molecular weight is 460 g/mol. The van der Waals surface area contributed by atoms with Gasteiger partial charge in [-0.15, -0.1) is 11.3 Å². The molecule has 0 bridgehead atoms. The Morgan fingerprint density at radius 3 is 2.35 bits per heavy atom. The third-order valence-corrected chi connectivity index (χ3v) is 8.08. The molecule has 0 radical (unpaired) electrons. The van der Waals surface area contributed by atoms with Gasteiger partial charge in [-0.05, 0) is 50.1 Å². The van der Waals surface area contributed by atoms with Gasteiger partial charge < -0.3 is 14.7 Å². The number of rotatable bonds is 7. The molecule has 1 heterocycles. The zero-order valence-corrected chi connectivity index (χ0v) is 19.0. The van der Waals surface area contributed by atoms with Crippen LogP contribution >= 0.6 is 18.9 Å². The first-order valence-electron chi connectivity index (χ1n) is 9.20. The summed E-state index contributed by atoms with van der Waals surface area (Å²) >= 11 is 0.868. The van der Waals surface area contributed by atoms with Crippen molar-refractivity contribution in [2.75, 3.05) is 12.2 Å².